The predicted octanol–water partition coefficient (Wildman–Crippen LogP) is 0.159. The fraction of sp³-hybridized carbons (Fsp3) is 0.333. The maximum absolute atomic E-state index is 12.9. The van der Waals surface area contributed by atoms with E-state index in [1.807, 2.05) is 0 Å². The number of thiazole rings is 1. The molecule has 35 heavy (non-hydrogen) atoms. The number of carboxylic acids is 1. The summed E-state index contributed by atoms with van der Waals surface area (Å²) in [6.45, 7) is 4.57. The van der Waals surface area contributed by atoms with Crippen LogP contribution in [0, 0.1) is 0 Å². The Kier molecular flexibility index (Phi) is 6.93. The Morgan fingerprint density at radius 3 is 2.86 bits per heavy atom. The highest BCUT2D eigenvalue weighted by molar-refractivity contribution is 8.00. The van der Waals surface area contributed by atoms with E-state index in [1.165, 1.54) is 24.3 Å². The van der Waals surface area contributed by atoms with E-state index in [1.54, 1.807) is 17.1 Å². The molecule has 14 heteroatoms. The first-order chi connectivity index (χ1) is 16.8. The smallest absolute Gasteiger partial charge is 0.352 e. The van der Waals surface area contributed by atoms with Crippen LogP contribution in [0.1, 0.15) is 12.1 Å². The summed E-state index contributed by atoms with van der Waals surface area (Å²) in [5, 5.41) is 17.3. The van der Waals surface area contributed by atoms with Gasteiger partial charge in [-0.15, -0.1) is 29.7 Å². The molecule has 0 unspecified atom stereocenters. The molecule has 1 aromatic heterocycles. The quantitative estimate of drug-likeness (QED) is 0.143. The van der Waals surface area contributed by atoms with Gasteiger partial charge >= 0.3 is 5.97 Å². The number of rotatable bonds is 8. The van der Waals surface area contributed by atoms with Crippen molar-refractivity contribution in [2.45, 2.75) is 17.8 Å². The summed E-state index contributed by atoms with van der Waals surface area (Å²) in [5.41, 5.74) is 6.34. The van der Waals surface area contributed by atoms with Gasteiger partial charge in [0, 0.05) is 29.8 Å². The van der Waals surface area contributed by atoms with Crippen molar-refractivity contribution < 1.29 is 29.1 Å². The van der Waals surface area contributed by atoms with E-state index in [0.29, 0.717) is 30.7 Å². The minimum atomic E-state index is -1.28. The molecule has 4 heterocycles. The first-order valence-corrected chi connectivity index (χ1v) is 12.3. The molecule has 3 aliphatic rings. The van der Waals surface area contributed by atoms with Crippen LogP contribution >= 0.6 is 23.1 Å². The summed E-state index contributed by atoms with van der Waals surface area (Å²) in [6, 6.07) is -0.967. The fourth-order valence-corrected chi connectivity index (χ4v) is 5.85. The van der Waals surface area contributed by atoms with Crippen LogP contribution in [0.15, 0.2) is 46.1 Å². The first kappa shape index (κ1) is 24.5. The summed E-state index contributed by atoms with van der Waals surface area (Å²) >= 11 is 2.41. The summed E-state index contributed by atoms with van der Waals surface area (Å²) in [4.78, 5) is 61.9. The molecular weight excluding hydrogens is 496 g/mol. The van der Waals surface area contributed by atoms with Crippen LogP contribution in [0.3, 0.4) is 0 Å². The number of β-lactam (4-membered cyclic amide) rings is 1. The average molecular weight is 519 g/mol. The Labute approximate surface area is 208 Å². The van der Waals surface area contributed by atoms with Gasteiger partial charge < -0.3 is 25.9 Å². The molecule has 184 valence electrons. The highest BCUT2D eigenvalue weighted by atomic mass is 32.2. The predicted molar refractivity (Wildman–Crippen MR) is 129 cm³/mol. The number of carbonyl (C=O) groups is 4. The molecule has 3 amide bonds. The van der Waals surface area contributed by atoms with Gasteiger partial charge in [-0.05, 0) is 18.1 Å². The maximum Gasteiger partial charge on any atom is 0.352 e. The molecule has 0 spiro atoms. The van der Waals surface area contributed by atoms with Crippen LogP contribution in [-0.4, -0.2) is 86.7 Å². The van der Waals surface area contributed by atoms with E-state index in [4.69, 9.17) is 10.6 Å². The lowest BCUT2D eigenvalue weighted by molar-refractivity contribution is -0.150. The number of carbonyl (C=O) groups excluding carboxylic acids is 3. The summed E-state index contributed by atoms with van der Waals surface area (Å²) in [5.74, 6) is -2.49. The van der Waals surface area contributed by atoms with Crippen LogP contribution in [0.25, 0.3) is 0 Å². The van der Waals surface area contributed by atoms with Crippen molar-refractivity contribution in [3.05, 3.63) is 46.6 Å². The number of hydrogen-bond donors (Lipinski definition) is 3. The van der Waals surface area contributed by atoms with E-state index in [0.717, 1.165) is 16.2 Å². The third kappa shape index (κ3) is 4.53. The summed E-state index contributed by atoms with van der Waals surface area (Å²) < 4.78 is 0. The normalized spacial score (nSPS) is 23.3. The lowest BCUT2D eigenvalue weighted by Crippen LogP contribution is -2.71. The number of likely N-dealkylation sites (tertiary alicyclic amines) is 1. The topological polar surface area (TPSA) is 168 Å². The van der Waals surface area contributed by atoms with Crippen LogP contribution < -0.4 is 11.1 Å². The molecule has 0 bridgehead atoms. The minimum Gasteiger partial charge on any atom is -0.477 e. The number of nitrogens with zero attached hydrogens (tertiary/aromatic N) is 4. The Hall–Kier alpha value is -3.65. The van der Waals surface area contributed by atoms with Crippen LogP contribution in [0.2, 0.25) is 0 Å². The fourth-order valence-electron chi connectivity index (χ4n) is 4.00. The molecule has 2 saturated heterocycles. The molecule has 2 fully saturated rings. The second-order valence-electron chi connectivity index (χ2n) is 7.69. The zero-order valence-corrected chi connectivity index (χ0v) is 20.2. The molecule has 0 radical (unpaired) electrons. The van der Waals surface area contributed by atoms with E-state index in [9.17, 15) is 24.3 Å². The number of allylic oxidation sites excluding steroid dienone is 1. The molecule has 12 nitrogen and oxygen atoms in total. The number of oxime groups is 1. The van der Waals surface area contributed by atoms with E-state index < -0.39 is 29.2 Å². The zero-order chi connectivity index (χ0) is 25.3. The number of aromatic nitrogens is 1. The van der Waals surface area contributed by atoms with Crippen molar-refractivity contribution in [1.29, 1.82) is 0 Å². The molecular formula is C21H22N6O6S2. The average Bonchev–Trinajstić information content (AvgIpc) is 3.41. The van der Waals surface area contributed by atoms with Crippen molar-refractivity contribution in [2.75, 3.05) is 31.7 Å². The largest absolute Gasteiger partial charge is 0.477 e. The van der Waals surface area contributed by atoms with Gasteiger partial charge in [-0.2, -0.15) is 0 Å². The van der Waals surface area contributed by atoms with Crippen molar-refractivity contribution in [1.82, 2.24) is 20.1 Å². The lowest BCUT2D eigenvalue weighted by Gasteiger charge is -2.49. The Morgan fingerprint density at radius 2 is 2.23 bits per heavy atom. The number of anilines is 1. The second kappa shape index (κ2) is 9.92. The van der Waals surface area contributed by atoms with Gasteiger partial charge in [-0.3, -0.25) is 19.3 Å². The van der Waals surface area contributed by atoms with Gasteiger partial charge in [0.1, 0.15) is 29.9 Å². The monoisotopic (exact) mass is 518 g/mol. The Balaban J connectivity index is 1.54. The van der Waals surface area contributed by atoms with E-state index in [-0.39, 0.29) is 33.9 Å². The number of carboxylic acid groups (broad SMARTS) is 1. The minimum absolute atomic E-state index is 0.157. The highest BCUT2D eigenvalue weighted by Gasteiger charge is 2.54. The number of aliphatic carboxylic acids is 1. The maximum atomic E-state index is 12.9. The third-order valence-corrected chi connectivity index (χ3v) is 7.54. The molecule has 4 rings (SSSR count). The summed E-state index contributed by atoms with van der Waals surface area (Å²) in [7, 11) is 1.27. The van der Waals surface area contributed by atoms with Crippen LogP contribution in [-0.2, 0) is 24.0 Å². The molecule has 0 saturated carbocycles. The van der Waals surface area contributed by atoms with Crippen molar-refractivity contribution >= 4 is 57.6 Å². The van der Waals surface area contributed by atoms with Gasteiger partial charge in [0.05, 0.1) is 0 Å². The number of nitrogens with one attached hydrogen (secondary N) is 1. The zero-order valence-electron chi connectivity index (χ0n) is 18.6. The van der Waals surface area contributed by atoms with Crippen molar-refractivity contribution in [3.8, 4) is 0 Å². The van der Waals surface area contributed by atoms with Crippen molar-refractivity contribution in [3.63, 3.8) is 0 Å². The van der Waals surface area contributed by atoms with Gasteiger partial charge in [0.15, 0.2) is 10.8 Å². The SMILES string of the molecule is C=CCN1CCC(=CC2=C(C(=O)O)N3C(=O)[C@@H](NC(=O)C(=NOC)c4csc(N)n4)[C@H]3SC2)C1=O. The van der Waals surface area contributed by atoms with Gasteiger partial charge in [0.25, 0.3) is 11.8 Å². The molecule has 2 atom stereocenters. The summed E-state index contributed by atoms with van der Waals surface area (Å²) in [6.07, 6.45) is 3.67. The van der Waals surface area contributed by atoms with Crippen LogP contribution in [0.4, 0.5) is 5.13 Å². The number of thioether (sulfide) groups is 1. The molecule has 1 aromatic rings. The Bertz CT molecular complexity index is 1200. The van der Waals surface area contributed by atoms with E-state index in [2.05, 4.69) is 22.0 Å². The van der Waals surface area contributed by atoms with E-state index >= 15 is 0 Å². The molecule has 0 aromatic carbocycles. The third-order valence-electron chi connectivity index (χ3n) is 5.56. The Morgan fingerprint density at radius 1 is 1.46 bits per heavy atom. The van der Waals surface area contributed by atoms with Gasteiger partial charge in [0.2, 0.25) is 5.91 Å². The lowest BCUT2D eigenvalue weighted by atomic mass is 10.0. The number of amides is 3. The van der Waals surface area contributed by atoms with Gasteiger partial charge in [-0.25, -0.2) is 9.78 Å². The molecule has 4 N–H and O–H groups in total. The number of nitrogens with two attached hydrogens (primary N) is 1. The number of hydrogen-bond acceptors (Lipinski definition) is 10. The second-order valence-corrected chi connectivity index (χ2v) is 9.69. The first-order valence-electron chi connectivity index (χ1n) is 10.4. The number of nitrogen functional groups attached to an aromatic ring is 1. The van der Waals surface area contributed by atoms with Crippen molar-refractivity contribution in [2.24, 2.45) is 5.16 Å². The molecule has 3 aliphatic heterocycles. The van der Waals surface area contributed by atoms with Gasteiger partial charge in [-0.1, -0.05) is 11.2 Å². The molecule has 0 aliphatic carbocycles. The van der Waals surface area contributed by atoms with Crippen LogP contribution in [0.5, 0.6) is 0 Å². The standard InChI is InChI=1S/C21H22N6O6S2/c1-3-5-26-6-4-10(17(26)29)7-11-8-34-19-14(18(30)27(19)15(11)20(31)32)24-16(28)13(25-33-2)12-9-35-21(22)23-12/h3,7,9,14,19H,1,4-6,8H2,2H3,(H2,22,23)(H,24,28)(H,31,32)/t14-,19-/m1/s1. The number of fused-ring (bicyclic) bond motifs is 1. The highest BCUT2D eigenvalue weighted by Crippen LogP contribution is 2.41.